The van der Waals surface area contributed by atoms with E-state index in [0.29, 0.717) is 4.67 Å². The molecule has 0 aliphatic carbocycles. The van der Waals surface area contributed by atoms with Gasteiger partial charge in [0.15, 0.2) is 0 Å². The summed E-state index contributed by atoms with van der Waals surface area (Å²) in [6.45, 7) is 0. The Bertz CT molecular complexity index is 895. The van der Waals surface area contributed by atoms with Crippen molar-refractivity contribution in [2.45, 2.75) is 4.90 Å². The summed E-state index contributed by atoms with van der Waals surface area (Å²) in [7, 11) is -0.756. The number of nitrogens with zero attached hydrogens (tertiary/aromatic N) is 1. The van der Waals surface area contributed by atoms with Crippen LogP contribution in [0.1, 0.15) is 0 Å². The van der Waals surface area contributed by atoms with Gasteiger partial charge in [-0.25, -0.2) is 0 Å². The van der Waals surface area contributed by atoms with E-state index in [1.54, 1.807) is 30.3 Å². The van der Waals surface area contributed by atoms with Crippen molar-refractivity contribution in [3.8, 4) is 10.4 Å². The highest BCUT2D eigenvalue weighted by Gasteiger charge is 2.11. The summed E-state index contributed by atoms with van der Waals surface area (Å²) in [6.07, 6.45) is 0. The second kappa shape index (κ2) is 5.93. The van der Waals surface area contributed by atoms with E-state index < -0.39 is 10.0 Å². The van der Waals surface area contributed by atoms with E-state index in [2.05, 4.69) is 4.40 Å². The zero-order valence-corrected chi connectivity index (χ0v) is 13.3. The Labute approximate surface area is 130 Å². The minimum Gasteiger partial charge on any atom is -0.199 e. The zero-order chi connectivity index (χ0) is 14.7. The maximum atomic E-state index is 12.2. The number of hydrogen-bond donors (Lipinski definition) is 0. The van der Waals surface area contributed by atoms with Gasteiger partial charge in [0.25, 0.3) is 10.0 Å². The Morgan fingerprint density at radius 2 is 1.43 bits per heavy atom. The molecule has 2 aromatic carbocycles. The molecule has 1 heterocycles. The predicted molar refractivity (Wildman–Crippen MR) is 86.8 cm³/mol. The predicted octanol–water partition coefficient (Wildman–Crippen LogP) is 3.77. The molecule has 0 aliphatic heterocycles. The maximum Gasteiger partial charge on any atom is 0.283 e. The summed E-state index contributed by atoms with van der Waals surface area (Å²) in [5.74, 6) is 0. The van der Waals surface area contributed by atoms with Gasteiger partial charge in [0.2, 0.25) is 0 Å². The highest BCUT2D eigenvalue weighted by Crippen LogP contribution is 2.25. The monoisotopic (exact) mass is 333 g/mol. The van der Waals surface area contributed by atoms with Gasteiger partial charge in [0.1, 0.15) is 4.67 Å². The fourth-order valence-electron chi connectivity index (χ4n) is 1.79. The van der Waals surface area contributed by atoms with E-state index >= 15 is 0 Å². The van der Waals surface area contributed by atoms with Crippen molar-refractivity contribution in [1.29, 1.82) is 0 Å². The third-order valence-corrected chi connectivity index (χ3v) is 6.50. The van der Waals surface area contributed by atoms with Gasteiger partial charge >= 0.3 is 0 Å². The molecule has 0 bridgehead atoms. The largest absolute Gasteiger partial charge is 0.283 e. The normalized spacial score (nSPS) is 12.5. The van der Waals surface area contributed by atoms with Crippen molar-refractivity contribution in [1.82, 2.24) is 0 Å². The van der Waals surface area contributed by atoms with Crippen molar-refractivity contribution in [2.24, 2.45) is 4.40 Å². The summed E-state index contributed by atoms with van der Waals surface area (Å²) in [5, 5.41) is 0. The molecular weight excluding hydrogens is 322 g/mol. The van der Waals surface area contributed by atoms with Gasteiger partial charge in [0, 0.05) is 4.88 Å². The van der Waals surface area contributed by atoms with Gasteiger partial charge in [0.05, 0.1) is 4.90 Å². The minimum absolute atomic E-state index is 0.213. The molecule has 0 radical (unpaired) electrons. The van der Waals surface area contributed by atoms with E-state index in [1.807, 2.05) is 36.4 Å². The fraction of sp³-hybridized carbons (Fsp3) is 0. The summed E-state index contributed by atoms with van der Waals surface area (Å²) < 4.78 is 28.8. The van der Waals surface area contributed by atoms with Crippen LogP contribution in [0.5, 0.6) is 0 Å². The lowest BCUT2D eigenvalue weighted by Crippen LogP contribution is -2.02. The molecule has 0 saturated heterocycles. The van der Waals surface area contributed by atoms with Crippen LogP contribution in [-0.2, 0) is 10.0 Å². The van der Waals surface area contributed by atoms with Gasteiger partial charge in [-0.1, -0.05) is 69.2 Å². The SMILES string of the molecule is O=S(=O)(/N=c1\cc(-c2ccccc2)ss1)c1ccccc1. The van der Waals surface area contributed by atoms with Crippen molar-refractivity contribution in [2.75, 3.05) is 0 Å². The molecule has 0 fully saturated rings. The fourth-order valence-corrected chi connectivity index (χ4v) is 5.28. The number of benzene rings is 2. The number of rotatable bonds is 3. The second-order valence-corrected chi connectivity index (χ2v) is 8.05. The molecule has 0 N–H and O–H groups in total. The van der Waals surface area contributed by atoms with Crippen LogP contribution >= 0.6 is 20.7 Å². The smallest absolute Gasteiger partial charge is 0.199 e. The first kappa shape index (κ1) is 14.2. The quantitative estimate of drug-likeness (QED) is 0.685. The average molecular weight is 333 g/mol. The number of hydrogen-bond acceptors (Lipinski definition) is 4. The maximum absolute atomic E-state index is 12.2. The van der Waals surface area contributed by atoms with E-state index in [0.717, 1.165) is 10.4 Å². The molecule has 0 unspecified atom stereocenters. The molecular formula is C15H11NO2S3. The highest BCUT2D eigenvalue weighted by atomic mass is 32.9. The Balaban J connectivity index is 2.00. The molecule has 106 valence electrons. The van der Waals surface area contributed by atoms with Crippen LogP contribution in [0.3, 0.4) is 0 Å². The van der Waals surface area contributed by atoms with Gasteiger partial charge in [-0.2, -0.15) is 8.42 Å². The molecule has 0 amide bonds. The first-order valence-corrected chi connectivity index (χ1v) is 9.76. The molecule has 3 aromatic rings. The number of sulfonamides is 1. The molecule has 0 saturated carbocycles. The lowest BCUT2D eigenvalue weighted by Gasteiger charge is -1.95. The van der Waals surface area contributed by atoms with Gasteiger partial charge < -0.3 is 0 Å². The van der Waals surface area contributed by atoms with Crippen LogP contribution in [-0.4, -0.2) is 8.42 Å². The third-order valence-electron chi connectivity index (χ3n) is 2.78. The second-order valence-electron chi connectivity index (χ2n) is 4.26. The van der Waals surface area contributed by atoms with Crippen molar-refractivity contribution in [3.63, 3.8) is 0 Å². The topological polar surface area (TPSA) is 46.5 Å². The van der Waals surface area contributed by atoms with E-state index in [1.165, 1.54) is 20.7 Å². The van der Waals surface area contributed by atoms with Gasteiger partial charge in [-0.3, -0.25) is 0 Å². The molecule has 0 aliphatic rings. The van der Waals surface area contributed by atoms with Crippen molar-refractivity contribution < 1.29 is 8.42 Å². The summed E-state index contributed by atoms with van der Waals surface area (Å²) in [4.78, 5) is 1.23. The summed E-state index contributed by atoms with van der Waals surface area (Å²) in [5.41, 5.74) is 1.07. The van der Waals surface area contributed by atoms with Crippen LogP contribution in [0, 0.1) is 0 Å². The third kappa shape index (κ3) is 3.29. The molecule has 0 spiro atoms. The van der Waals surface area contributed by atoms with Crippen molar-refractivity contribution >= 4 is 30.7 Å². The van der Waals surface area contributed by atoms with Crippen molar-refractivity contribution in [3.05, 3.63) is 71.4 Å². The first-order chi connectivity index (χ1) is 10.1. The van der Waals surface area contributed by atoms with Crippen LogP contribution in [0.4, 0.5) is 0 Å². The molecule has 1 aromatic heterocycles. The molecule has 0 atom stereocenters. The Kier molecular flexibility index (Phi) is 4.01. The van der Waals surface area contributed by atoms with Gasteiger partial charge in [-0.05, 0) is 23.8 Å². The Hall–Kier alpha value is -1.76. The molecule has 3 rings (SSSR count). The van der Waals surface area contributed by atoms with E-state index in [9.17, 15) is 8.42 Å². The first-order valence-electron chi connectivity index (χ1n) is 6.17. The van der Waals surface area contributed by atoms with Gasteiger partial charge in [-0.15, -0.1) is 4.40 Å². The van der Waals surface area contributed by atoms with E-state index in [-0.39, 0.29) is 4.90 Å². The molecule has 3 nitrogen and oxygen atoms in total. The van der Waals surface area contributed by atoms with Crippen LogP contribution in [0.25, 0.3) is 10.4 Å². The lowest BCUT2D eigenvalue weighted by atomic mass is 10.2. The minimum atomic E-state index is -3.64. The summed E-state index contributed by atoms with van der Waals surface area (Å²) >= 11 is 0. The average Bonchev–Trinajstić information content (AvgIpc) is 2.97. The Morgan fingerprint density at radius 3 is 2.10 bits per heavy atom. The summed E-state index contributed by atoms with van der Waals surface area (Å²) in [6, 6.07) is 19.9. The van der Waals surface area contributed by atoms with E-state index in [4.69, 9.17) is 0 Å². The lowest BCUT2D eigenvalue weighted by molar-refractivity contribution is 0.597. The standard InChI is InChI=1S/C15H11NO2S3/c17-21(18,13-9-5-2-6-10-13)16-15-11-14(19-20-15)12-7-3-1-4-8-12/h1-11H/b16-15+. The zero-order valence-electron chi connectivity index (χ0n) is 10.8. The molecule has 21 heavy (non-hydrogen) atoms. The Morgan fingerprint density at radius 1 is 0.810 bits per heavy atom. The molecule has 6 heteroatoms. The van der Waals surface area contributed by atoms with Crippen LogP contribution in [0.2, 0.25) is 0 Å². The van der Waals surface area contributed by atoms with Crippen LogP contribution < -0.4 is 4.67 Å². The van der Waals surface area contributed by atoms with Crippen LogP contribution in [0.15, 0.2) is 76.0 Å². The highest BCUT2D eigenvalue weighted by molar-refractivity contribution is 7.90.